The molecule has 0 saturated heterocycles. The summed E-state index contributed by atoms with van der Waals surface area (Å²) in [7, 11) is -3.15. The third-order valence-electron chi connectivity index (χ3n) is 8.17. The highest BCUT2D eigenvalue weighted by atomic mass is 28.3. The minimum absolute atomic E-state index is 0.657. The van der Waals surface area contributed by atoms with E-state index in [2.05, 4.69) is 101 Å². The Bertz CT molecular complexity index is 1370. The van der Waals surface area contributed by atoms with Crippen LogP contribution in [0.5, 0.6) is 5.75 Å². The minimum atomic E-state index is -1.57. The summed E-state index contributed by atoms with van der Waals surface area (Å²) >= 11 is 0. The molecule has 0 N–H and O–H groups in total. The molecule has 3 aromatic carbocycles. The zero-order valence-corrected chi connectivity index (χ0v) is 31.1. The number of rotatable bonds is 18. The summed E-state index contributed by atoms with van der Waals surface area (Å²) in [4.78, 5) is 10.0. The van der Waals surface area contributed by atoms with Crippen LogP contribution in [0.15, 0.2) is 70.6 Å². The molecule has 0 unspecified atom stereocenters. The molecule has 240 valence electrons. The van der Waals surface area contributed by atoms with Gasteiger partial charge in [0, 0.05) is 29.1 Å². The van der Waals surface area contributed by atoms with Crippen molar-refractivity contribution in [1.82, 2.24) is 0 Å². The van der Waals surface area contributed by atoms with Crippen LogP contribution in [0.4, 0.5) is 11.4 Å². The van der Waals surface area contributed by atoms with E-state index < -0.39 is 16.1 Å². The molecule has 3 rings (SSSR count). The third-order valence-corrected chi connectivity index (χ3v) is 12.2. The standard InChI is InChI=1S/C40H56N2OSi2/c1-9-11-12-13-14-15-16-17-18-23-28-43-40-34(31-41-36-24-19-21-26-38(36)44(3,4)5)29-33(10-2)30-35(40)32-42-37-25-20-22-27-39(37)45(6,7)8/h2,19-22,24-27,29-32H,9,11-18,23,28H2,1,3-8H3. The average molecular weight is 637 g/mol. The van der Waals surface area contributed by atoms with Crippen molar-refractivity contribution in [1.29, 1.82) is 0 Å². The molecule has 45 heavy (non-hydrogen) atoms. The van der Waals surface area contributed by atoms with Gasteiger partial charge in [-0.1, -0.05) is 146 Å². The molecule has 0 spiro atoms. The topological polar surface area (TPSA) is 34.0 Å². The third kappa shape index (κ3) is 11.9. The van der Waals surface area contributed by atoms with Crippen molar-refractivity contribution < 1.29 is 4.74 Å². The Hall–Kier alpha value is -3.21. The van der Waals surface area contributed by atoms with Gasteiger partial charge in [-0.3, -0.25) is 9.98 Å². The molecule has 0 atom stereocenters. The summed E-state index contributed by atoms with van der Waals surface area (Å²) in [6.45, 7) is 17.1. The van der Waals surface area contributed by atoms with E-state index in [4.69, 9.17) is 21.1 Å². The number of hydrogen-bond donors (Lipinski definition) is 0. The predicted octanol–water partition coefficient (Wildman–Crippen LogP) is 10.6. The van der Waals surface area contributed by atoms with E-state index >= 15 is 0 Å². The average Bonchev–Trinajstić information content (AvgIpc) is 3.01. The van der Waals surface area contributed by atoms with Crippen LogP contribution in [-0.2, 0) is 0 Å². The predicted molar refractivity (Wildman–Crippen MR) is 205 cm³/mol. The fraction of sp³-hybridized carbons (Fsp3) is 0.450. The zero-order valence-electron chi connectivity index (χ0n) is 29.1. The maximum atomic E-state index is 6.58. The summed E-state index contributed by atoms with van der Waals surface area (Å²) in [6.07, 6.45) is 22.7. The summed E-state index contributed by atoms with van der Waals surface area (Å²) in [5.74, 6) is 3.65. The Kier molecular flexibility index (Phi) is 14.6. The number of para-hydroxylation sites is 2. The number of aliphatic imine (C=N–C) groups is 2. The largest absolute Gasteiger partial charge is 0.492 e. The van der Waals surface area contributed by atoms with Crippen molar-refractivity contribution in [3.63, 3.8) is 0 Å². The van der Waals surface area contributed by atoms with Gasteiger partial charge in [0.2, 0.25) is 0 Å². The maximum absolute atomic E-state index is 6.58. The molecule has 0 aromatic heterocycles. The van der Waals surface area contributed by atoms with Crippen LogP contribution in [0.3, 0.4) is 0 Å². The second-order valence-corrected chi connectivity index (χ2v) is 24.3. The number of hydrogen-bond acceptors (Lipinski definition) is 3. The summed E-state index contributed by atoms with van der Waals surface area (Å²) in [6, 6.07) is 21.0. The van der Waals surface area contributed by atoms with Crippen LogP contribution in [-0.4, -0.2) is 35.2 Å². The van der Waals surface area contributed by atoms with Crippen molar-refractivity contribution in [3.05, 3.63) is 77.4 Å². The Labute approximate surface area is 276 Å². The zero-order chi connectivity index (χ0) is 32.7. The first-order valence-electron chi connectivity index (χ1n) is 17.1. The van der Waals surface area contributed by atoms with Gasteiger partial charge < -0.3 is 4.74 Å². The van der Waals surface area contributed by atoms with Crippen molar-refractivity contribution >= 4 is 50.3 Å². The highest BCUT2D eigenvalue weighted by Crippen LogP contribution is 2.27. The van der Waals surface area contributed by atoms with Crippen LogP contribution >= 0.6 is 0 Å². The van der Waals surface area contributed by atoms with Gasteiger partial charge in [-0.25, -0.2) is 0 Å². The monoisotopic (exact) mass is 636 g/mol. The summed E-state index contributed by atoms with van der Waals surface area (Å²) < 4.78 is 6.58. The molecule has 0 amide bonds. The van der Waals surface area contributed by atoms with Crippen molar-refractivity contribution in [2.45, 2.75) is 110 Å². The molecule has 0 aliphatic carbocycles. The van der Waals surface area contributed by atoms with E-state index in [9.17, 15) is 0 Å². The number of unbranched alkanes of at least 4 members (excludes halogenated alkanes) is 9. The van der Waals surface area contributed by atoms with Gasteiger partial charge in [0.1, 0.15) is 5.75 Å². The molecule has 3 aromatic rings. The van der Waals surface area contributed by atoms with Gasteiger partial charge in [-0.05, 0) is 41.1 Å². The van der Waals surface area contributed by atoms with E-state index in [1.165, 1.54) is 68.2 Å². The lowest BCUT2D eigenvalue weighted by Crippen LogP contribution is -2.37. The van der Waals surface area contributed by atoms with Crippen molar-refractivity contribution in [3.8, 4) is 18.1 Å². The summed E-state index contributed by atoms with van der Waals surface area (Å²) in [5.41, 5.74) is 4.61. The lowest BCUT2D eigenvalue weighted by molar-refractivity contribution is 0.303. The first-order valence-corrected chi connectivity index (χ1v) is 24.1. The van der Waals surface area contributed by atoms with E-state index in [1.807, 2.05) is 24.6 Å². The highest BCUT2D eigenvalue weighted by molar-refractivity contribution is 6.90. The summed E-state index contributed by atoms with van der Waals surface area (Å²) in [5, 5.41) is 2.68. The van der Waals surface area contributed by atoms with Gasteiger partial charge in [-0.15, -0.1) is 6.42 Å². The Morgan fingerprint density at radius 2 is 1.07 bits per heavy atom. The lowest BCUT2D eigenvalue weighted by atomic mass is 10.0. The van der Waals surface area contributed by atoms with Gasteiger partial charge in [-0.2, -0.15) is 0 Å². The molecule has 0 aliphatic heterocycles. The van der Waals surface area contributed by atoms with E-state index in [-0.39, 0.29) is 0 Å². The van der Waals surface area contributed by atoms with Crippen LogP contribution < -0.4 is 15.1 Å². The molecule has 0 saturated carbocycles. The molecule has 0 radical (unpaired) electrons. The smallest absolute Gasteiger partial charge is 0.136 e. The van der Waals surface area contributed by atoms with Crippen LogP contribution in [0, 0.1) is 12.3 Å². The molecule has 5 heteroatoms. The van der Waals surface area contributed by atoms with Crippen LogP contribution in [0.25, 0.3) is 0 Å². The normalized spacial score (nSPS) is 12.2. The Balaban J connectivity index is 1.88. The molecule has 0 heterocycles. The van der Waals surface area contributed by atoms with Gasteiger partial charge in [0.05, 0.1) is 34.1 Å². The van der Waals surface area contributed by atoms with Gasteiger partial charge >= 0.3 is 0 Å². The first-order chi connectivity index (χ1) is 21.5. The maximum Gasteiger partial charge on any atom is 0.136 e. The minimum Gasteiger partial charge on any atom is -0.492 e. The van der Waals surface area contributed by atoms with Crippen LogP contribution in [0.2, 0.25) is 39.3 Å². The number of benzene rings is 3. The fourth-order valence-corrected chi connectivity index (χ4v) is 8.62. The number of terminal acetylenes is 1. The SMILES string of the molecule is C#Cc1cc(C=Nc2ccccc2[Si](C)(C)C)c(OCCCCCCCCCCCC)c(C=Nc2ccccc2[Si](C)(C)C)c1. The number of nitrogens with zero attached hydrogens (tertiary/aromatic N) is 2. The van der Waals surface area contributed by atoms with E-state index in [0.29, 0.717) is 6.61 Å². The Morgan fingerprint density at radius 3 is 1.49 bits per heavy atom. The molecule has 0 bridgehead atoms. The fourth-order valence-electron chi connectivity index (χ4n) is 5.60. The van der Waals surface area contributed by atoms with Crippen molar-refractivity contribution in [2.75, 3.05) is 6.61 Å². The second kappa shape index (κ2) is 18.1. The van der Waals surface area contributed by atoms with Gasteiger partial charge in [0.15, 0.2) is 0 Å². The molecular weight excluding hydrogens is 581 g/mol. The molecule has 3 nitrogen and oxygen atoms in total. The highest BCUT2D eigenvalue weighted by Gasteiger charge is 2.21. The lowest BCUT2D eigenvalue weighted by Gasteiger charge is -2.19. The molecular formula is C40H56N2OSi2. The van der Waals surface area contributed by atoms with Crippen LogP contribution in [0.1, 0.15) is 87.8 Å². The quantitative estimate of drug-likeness (QED) is 0.0592. The molecule has 0 fully saturated rings. The van der Waals surface area contributed by atoms with Crippen molar-refractivity contribution in [2.24, 2.45) is 9.98 Å². The second-order valence-electron chi connectivity index (χ2n) is 14.2. The Morgan fingerprint density at radius 1 is 0.644 bits per heavy atom. The number of ether oxygens (including phenoxy) is 1. The van der Waals surface area contributed by atoms with E-state index in [1.54, 1.807) is 0 Å². The van der Waals surface area contributed by atoms with E-state index in [0.717, 1.165) is 40.2 Å². The van der Waals surface area contributed by atoms with Gasteiger partial charge in [0.25, 0.3) is 0 Å². The molecule has 0 aliphatic rings. The first kappa shape index (κ1) is 36.3.